The molecule has 0 radical (unpaired) electrons. The topological polar surface area (TPSA) is 70.2 Å². The molecule has 0 spiro atoms. The smallest absolute Gasteiger partial charge is 0.255 e. The first kappa shape index (κ1) is 16.2. The van der Waals surface area contributed by atoms with Gasteiger partial charge in [-0.3, -0.25) is 9.59 Å². The molecule has 2 amide bonds. The van der Waals surface area contributed by atoms with Crippen molar-refractivity contribution in [2.24, 2.45) is 0 Å². The van der Waals surface area contributed by atoms with Crippen LogP contribution in [-0.4, -0.2) is 24.4 Å². The Kier molecular flexibility index (Phi) is 5.23. The first-order chi connectivity index (χ1) is 11.7. The number of carbonyl (C=O) groups excluding carboxylic acids is 2. The van der Waals surface area contributed by atoms with Crippen LogP contribution in [0.3, 0.4) is 0 Å². The third-order valence-corrected chi connectivity index (χ3v) is 4.06. The molecule has 0 aliphatic carbocycles. The minimum Gasteiger partial charge on any atom is -0.326 e. The van der Waals surface area contributed by atoms with E-state index in [4.69, 9.17) is 0 Å². The molecular formula is C19H21N3O2. The molecule has 2 aromatic rings. The zero-order valence-electron chi connectivity index (χ0n) is 13.4. The van der Waals surface area contributed by atoms with Crippen molar-refractivity contribution in [2.75, 3.05) is 17.2 Å². The number of nitrogens with one attached hydrogen (secondary N) is 3. The standard InChI is InChI=1S/C19H21N3O2/c23-18(13-17-7-4-12-20-17)21-16-10-8-14(9-11-16)19(24)22-15-5-2-1-3-6-15/h1-3,5-6,8-11,17,20H,4,7,12-13H2,(H,21,23)(H,22,24). The Bertz CT molecular complexity index is 692. The molecule has 3 rings (SSSR count). The second-order valence-electron chi connectivity index (χ2n) is 5.94. The summed E-state index contributed by atoms with van der Waals surface area (Å²) < 4.78 is 0. The number of rotatable bonds is 5. The van der Waals surface area contributed by atoms with Crippen LogP contribution in [0.25, 0.3) is 0 Å². The van der Waals surface area contributed by atoms with Crippen molar-refractivity contribution in [3.63, 3.8) is 0 Å². The van der Waals surface area contributed by atoms with Crippen molar-refractivity contribution in [2.45, 2.75) is 25.3 Å². The van der Waals surface area contributed by atoms with Crippen LogP contribution in [0.15, 0.2) is 54.6 Å². The quantitative estimate of drug-likeness (QED) is 0.792. The number of hydrogen-bond donors (Lipinski definition) is 3. The summed E-state index contributed by atoms with van der Waals surface area (Å²) in [5.74, 6) is -0.176. The van der Waals surface area contributed by atoms with Crippen LogP contribution in [0.2, 0.25) is 0 Å². The monoisotopic (exact) mass is 323 g/mol. The van der Waals surface area contributed by atoms with Gasteiger partial charge in [-0.1, -0.05) is 18.2 Å². The van der Waals surface area contributed by atoms with E-state index in [0.717, 1.165) is 25.1 Å². The molecule has 1 fully saturated rings. The number of anilines is 2. The highest BCUT2D eigenvalue weighted by Crippen LogP contribution is 2.14. The fourth-order valence-corrected chi connectivity index (χ4v) is 2.80. The van der Waals surface area contributed by atoms with E-state index in [2.05, 4.69) is 16.0 Å². The fourth-order valence-electron chi connectivity index (χ4n) is 2.80. The van der Waals surface area contributed by atoms with E-state index in [1.807, 2.05) is 30.3 Å². The van der Waals surface area contributed by atoms with Crippen LogP contribution in [0, 0.1) is 0 Å². The molecular weight excluding hydrogens is 302 g/mol. The molecule has 0 saturated carbocycles. The molecule has 0 aromatic heterocycles. The van der Waals surface area contributed by atoms with Crippen LogP contribution in [0.4, 0.5) is 11.4 Å². The Morgan fingerprint density at radius 2 is 1.67 bits per heavy atom. The van der Waals surface area contributed by atoms with Gasteiger partial charge in [-0.25, -0.2) is 0 Å². The molecule has 1 aliphatic heterocycles. The van der Waals surface area contributed by atoms with Gasteiger partial charge < -0.3 is 16.0 Å². The predicted molar refractivity (Wildman–Crippen MR) is 95.1 cm³/mol. The lowest BCUT2D eigenvalue weighted by Crippen LogP contribution is -2.27. The summed E-state index contributed by atoms with van der Waals surface area (Å²) in [6.07, 6.45) is 2.66. The first-order valence-electron chi connectivity index (χ1n) is 8.20. The molecule has 2 aromatic carbocycles. The summed E-state index contributed by atoms with van der Waals surface area (Å²) in [7, 11) is 0. The molecule has 1 heterocycles. The minimum absolute atomic E-state index is 0.00381. The van der Waals surface area contributed by atoms with Crippen LogP contribution in [0.5, 0.6) is 0 Å². The first-order valence-corrected chi connectivity index (χ1v) is 8.20. The minimum atomic E-state index is -0.172. The third kappa shape index (κ3) is 4.43. The maximum Gasteiger partial charge on any atom is 0.255 e. The Balaban J connectivity index is 1.54. The molecule has 1 aliphatic rings. The zero-order valence-corrected chi connectivity index (χ0v) is 13.4. The van der Waals surface area contributed by atoms with E-state index in [-0.39, 0.29) is 17.9 Å². The van der Waals surface area contributed by atoms with Gasteiger partial charge in [0.2, 0.25) is 5.91 Å². The maximum atomic E-state index is 12.2. The Hall–Kier alpha value is -2.66. The summed E-state index contributed by atoms with van der Waals surface area (Å²) >= 11 is 0. The molecule has 1 saturated heterocycles. The number of amides is 2. The molecule has 5 nitrogen and oxygen atoms in total. The fraction of sp³-hybridized carbons (Fsp3) is 0.263. The number of hydrogen-bond acceptors (Lipinski definition) is 3. The lowest BCUT2D eigenvalue weighted by molar-refractivity contribution is -0.116. The van der Waals surface area contributed by atoms with Crippen molar-refractivity contribution in [3.8, 4) is 0 Å². The van der Waals surface area contributed by atoms with Crippen LogP contribution in [0.1, 0.15) is 29.6 Å². The van der Waals surface area contributed by atoms with E-state index in [9.17, 15) is 9.59 Å². The van der Waals surface area contributed by atoms with Gasteiger partial charge in [0.1, 0.15) is 0 Å². The maximum absolute atomic E-state index is 12.2. The Morgan fingerprint density at radius 1 is 0.958 bits per heavy atom. The van der Waals surface area contributed by atoms with Gasteiger partial charge in [-0.2, -0.15) is 0 Å². The van der Waals surface area contributed by atoms with Gasteiger partial charge in [0, 0.05) is 29.4 Å². The summed E-state index contributed by atoms with van der Waals surface area (Å²) in [5.41, 5.74) is 2.01. The Labute approximate surface area is 141 Å². The molecule has 0 bridgehead atoms. The lowest BCUT2D eigenvalue weighted by Gasteiger charge is -2.11. The van der Waals surface area contributed by atoms with Gasteiger partial charge in [-0.05, 0) is 55.8 Å². The van der Waals surface area contributed by atoms with Gasteiger partial charge in [0.25, 0.3) is 5.91 Å². The van der Waals surface area contributed by atoms with Crippen LogP contribution >= 0.6 is 0 Å². The molecule has 5 heteroatoms. The molecule has 3 N–H and O–H groups in total. The molecule has 1 unspecified atom stereocenters. The summed E-state index contributed by atoms with van der Waals surface area (Å²) in [6, 6.07) is 16.5. The van der Waals surface area contributed by atoms with Crippen molar-refractivity contribution in [1.82, 2.24) is 5.32 Å². The van der Waals surface area contributed by atoms with Gasteiger partial charge in [0.05, 0.1) is 0 Å². The average molecular weight is 323 g/mol. The Morgan fingerprint density at radius 3 is 2.33 bits per heavy atom. The normalized spacial score (nSPS) is 16.6. The molecule has 1 atom stereocenters. The zero-order chi connectivity index (χ0) is 16.8. The SMILES string of the molecule is O=C(CC1CCCN1)Nc1ccc(C(=O)Nc2ccccc2)cc1. The summed E-state index contributed by atoms with van der Waals surface area (Å²) in [5, 5.41) is 9.01. The summed E-state index contributed by atoms with van der Waals surface area (Å²) in [6.45, 7) is 0.989. The van der Waals surface area contributed by atoms with Crippen molar-refractivity contribution >= 4 is 23.2 Å². The highest BCUT2D eigenvalue weighted by molar-refractivity contribution is 6.04. The molecule has 124 valence electrons. The molecule has 24 heavy (non-hydrogen) atoms. The number of carbonyl (C=O) groups is 2. The van der Waals surface area contributed by atoms with Crippen molar-refractivity contribution < 1.29 is 9.59 Å². The highest BCUT2D eigenvalue weighted by atomic mass is 16.2. The van der Waals surface area contributed by atoms with E-state index in [0.29, 0.717) is 17.7 Å². The van der Waals surface area contributed by atoms with E-state index in [1.54, 1.807) is 24.3 Å². The average Bonchev–Trinajstić information content (AvgIpc) is 3.09. The van der Waals surface area contributed by atoms with Gasteiger partial charge >= 0.3 is 0 Å². The third-order valence-electron chi connectivity index (χ3n) is 4.06. The van der Waals surface area contributed by atoms with E-state index < -0.39 is 0 Å². The summed E-state index contributed by atoms with van der Waals surface area (Å²) in [4.78, 5) is 24.2. The lowest BCUT2D eigenvalue weighted by atomic mass is 10.1. The second-order valence-corrected chi connectivity index (χ2v) is 5.94. The number of benzene rings is 2. The number of para-hydroxylation sites is 1. The van der Waals surface area contributed by atoms with E-state index in [1.165, 1.54) is 0 Å². The van der Waals surface area contributed by atoms with Crippen molar-refractivity contribution in [3.05, 3.63) is 60.2 Å². The predicted octanol–water partition coefficient (Wildman–Crippen LogP) is 3.02. The second kappa shape index (κ2) is 7.75. The van der Waals surface area contributed by atoms with Gasteiger partial charge in [0.15, 0.2) is 0 Å². The van der Waals surface area contributed by atoms with E-state index >= 15 is 0 Å². The van der Waals surface area contributed by atoms with Crippen molar-refractivity contribution in [1.29, 1.82) is 0 Å². The largest absolute Gasteiger partial charge is 0.326 e. The van der Waals surface area contributed by atoms with Gasteiger partial charge in [-0.15, -0.1) is 0 Å². The van der Waals surface area contributed by atoms with Crippen LogP contribution < -0.4 is 16.0 Å². The van der Waals surface area contributed by atoms with Crippen LogP contribution in [-0.2, 0) is 4.79 Å². The highest BCUT2D eigenvalue weighted by Gasteiger charge is 2.17.